The minimum atomic E-state index is 0.249. The summed E-state index contributed by atoms with van der Waals surface area (Å²) in [6.45, 7) is 1.68. The van der Waals surface area contributed by atoms with Gasteiger partial charge in [0.15, 0.2) is 0 Å². The van der Waals surface area contributed by atoms with Crippen molar-refractivity contribution < 1.29 is 4.79 Å². The fourth-order valence-electron chi connectivity index (χ4n) is 2.94. The van der Waals surface area contributed by atoms with Crippen LogP contribution in [0.5, 0.6) is 0 Å². The van der Waals surface area contributed by atoms with E-state index < -0.39 is 0 Å². The molecule has 0 bridgehead atoms. The Kier molecular flexibility index (Phi) is 5.38. The SMILES string of the molecule is CC(=O)C/C(=C\CC1CCCCC1)c1ccccc1. The third-order valence-electron chi connectivity index (χ3n) is 4.01. The minimum Gasteiger partial charge on any atom is -0.300 e. The van der Waals surface area contributed by atoms with E-state index in [1.807, 2.05) is 18.2 Å². The van der Waals surface area contributed by atoms with E-state index in [0.717, 1.165) is 12.3 Å². The number of rotatable bonds is 5. The van der Waals surface area contributed by atoms with Gasteiger partial charge in [0.05, 0.1) is 0 Å². The van der Waals surface area contributed by atoms with E-state index in [0.29, 0.717) is 6.42 Å². The standard InChI is InChI=1S/C18H24O/c1-15(19)14-18(17-10-6-3-7-11-17)13-12-16-8-4-2-5-9-16/h3,6-7,10-11,13,16H,2,4-5,8-9,12,14H2,1H3/b18-13+. The Bertz CT molecular complexity index is 424. The normalized spacial score (nSPS) is 17.4. The maximum absolute atomic E-state index is 11.4. The van der Waals surface area contributed by atoms with Gasteiger partial charge in [0.1, 0.15) is 5.78 Å². The Labute approximate surface area is 116 Å². The number of carbonyl (C=O) groups excluding carboxylic acids is 1. The summed E-state index contributed by atoms with van der Waals surface area (Å²) in [6, 6.07) is 10.3. The fourth-order valence-corrected chi connectivity index (χ4v) is 2.94. The first-order valence-electron chi connectivity index (χ1n) is 7.49. The summed E-state index contributed by atoms with van der Waals surface area (Å²) in [5.41, 5.74) is 2.41. The third kappa shape index (κ3) is 4.66. The first-order valence-corrected chi connectivity index (χ1v) is 7.49. The van der Waals surface area contributed by atoms with Crippen molar-refractivity contribution in [2.45, 2.75) is 51.9 Å². The number of hydrogen-bond donors (Lipinski definition) is 0. The maximum Gasteiger partial charge on any atom is 0.134 e. The number of hydrogen-bond acceptors (Lipinski definition) is 1. The van der Waals surface area contributed by atoms with E-state index in [2.05, 4.69) is 18.2 Å². The number of benzene rings is 1. The van der Waals surface area contributed by atoms with Crippen molar-refractivity contribution in [1.29, 1.82) is 0 Å². The topological polar surface area (TPSA) is 17.1 Å². The predicted octanol–water partition coefficient (Wildman–Crippen LogP) is 5.02. The van der Waals surface area contributed by atoms with Crippen LogP contribution < -0.4 is 0 Å². The van der Waals surface area contributed by atoms with Gasteiger partial charge < -0.3 is 0 Å². The molecule has 0 heterocycles. The van der Waals surface area contributed by atoms with Crippen LogP contribution in [0.1, 0.15) is 57.4 Å². The van der Waals surface area contributed by atoms with Crippen LogP contribution in [0.3, 0.4) is 0 Å². The highest BCUT2D eigenvalue weighted by Gasteiger charge is 2.13. The summed E-state index contributed by atoms with van der Waals surface area (Å²) >= 11 is 0. The number of allylic oxidation sites excluding steroid dienone is 2. The van der Waals surface area contributed by atoms with Gasteiger partial charge in [-0.2, -0.15) is 0 Å². The van der Waals surface area contributed by atoms with Gasteiger partial charge in [-0.3, -0.25) is 4.79 Å². The second-order valence-corrected chi connectivity index (χ2v) is 5.71. The summed E-state index contributed by atoms with van der Waals surface area (Å²) in [5.74, 6) is 1.08. The van der Waals surface area contributed by atoms with Gasteiger partial charge in [-0.1, -0.05) is 68.5 Å². The van der Waals surface area contributed by atoms with Crippen LogP contribution in [0.15, 0.2) is 36.4 Å². The van der Waals surface area contributed by atoms with Crippen LogP contribution >= 0.6 is 0 Å². The van der Waals surface area contributed by atoms with Crippen LogP contribution in [-0.2, 0) is 4.79 Å². The van der Waals surface area contributed by atoms with E-state index in [9.17, 15) is 4.79 Å². The Hall–Kier alpha value is -1.37. The summed E-state index contributed by atoms with van der Waals surface area (Å²) in [4.78, 5) is 11.4. The van der Waals surface area contributed by atoms with Crippen molar-refractivity contribution in [3.8, 4) is 0 Å². The van der Waals surface area contributed by atoms with E-state index in [1.165, 1.54) is 43.2 Å². The molecule has 1 heteroatoms. The van der Waals surface area contributed by atoms with Crippen molar-refractivity contribution in [3.05, 3.63) is 42.0 Å². The van der Waals surface area contributed by atoms with E-state index >= 15 is 0 Å². The molecule has 0 unspecified atom stereocenters. The van der Waals surface area contributed by atoms with Crippen LogP contribution in [0.4, 0.5) is 0 Å². The lowest BCUT2D eigenvalue weighted by Crippen LogP contribution is -2.05. The highest BCUT2D eigenvalue weighted by atomic mass is 16.1. The molecule has 2 rings (SSSR count). The molecule has 1 aliphatic rings. The molecule has 0 N–H and O–H groups in total. The Balaban J connectivity index is 2.06. The molecule has 0 aliphatic heterocycles. The monoisotopic (exact) mass is 256 g/mol. The lowest BCUT2D eigenvalue weighted by Gasteiger charge is -2.20. The molecular formula is C18H24O. The Morgan fingerprint density at radius 3 is 2.47 bits per heavy atom. The van der Waals surface area contributed by atoms with Gasteiger partial charge in [-0.05, 0) is 30.4 Å². The second-order valence-electron chi connectivity index (χ2n) is 5.71. The highest BCUT2D eigenvalue weighted by Crippen LogP contribution is 2.28. The van der Waals surface area contributed by atoms with Crippen molar-refractivity contribution in [2.24, 2.45) is 5.92 Å². The molecule has 1 fully saturated rings. The summed E-state index contributed by atoms with van der Waals surface area (Å²) < 4.78 is 0. The molecule has 1 aromatic carbocycles. The first-order chi connectivity index (χ1) is 9.25. The van der Waals surface area contributed by atoms with Gasteiger partial charge in [0, 0.05) is 6.42 Å². The summed E-state index contributed by atoms with van der Waals surface area (Å²) in [5, 5.41) is 0. The van der Waals surface area contributed by atoms with Gasteiger partial charge in [0.2, 0.25) is 0 Å². The number of carbonyl (C=O) groups is 1. The molecular weight excluding hydrogens is 232 g/mol. The maximum atomic E-state index is 11.4. The summed E-state index contributed by atoms with van der Waals surface area (Å²) in [6.07, 6.45) is 10.9. The average molecular weight is 256 g/mol. The predicted molar refractivity (Wildman–Crippen MR) is 80.9 cm³/mol. The van der Waals surface area contributed by atoms with E-state index in [4.69, 9.17) is 0 Å². The fraction of sp³-hybridized carbons (Fsp3) is 0.500. The average Bonchev–Trinajstić information content (AvgIpc) is 2.45. The van der Waals surface area contributed by atoms with Gasteiger partial charge in [-0.25, -0.2) is 0 Å². The molecule has 19 heavy (non-hydrogen) atoms. The third-order valence-corrected chi connectivity index (χ3v) is 4.01. The zero-order valence-corrected chi connectivity index (χ0v) is 11.9. The van der Waals surface area contributed by atoms with Crippen LogP contribution in [0.2, 0.25) is 0 Å². The quantitative estimate of drug-likeness (QED) is 0.723. The molecule has 0 radical (unpaired) electrons. The molecule has 1 nitrogen and oxygen atoms in total. The molecule has 1 aromatic rings. The molecule has 0 atom stereocenters. The van der Waals surface area contributed by atoms with Crippen molar-refractivity contribution in [2.75, 3.05) is 0 Å². The smallest absolute Gasteiger partial charge is 0.134 e. The van der Waals surface area contributed by atoms with E-state index in [1.54, 1.807) is 6.92 Å². The second kappa shape index (κ2) is 7.28. The van der Waals surface area contributed by atoms with Gasteiger partial charge in [-0.15, -0.1) is 0 Å². The van der Waals surface area contributed by atoms with Gasteiger partial charge >= 0.3 is 0 Å². The minimum absolute atomic E-state index is 0.249. The Morgan fingerprint density at radius 1 is 1.16 bits per heavy atom. The zero-order chi connectivity index (χ0) is 13.5. The highest BCUT2D eigenvalue weighted by molar-refractivity contribution is 5.88. The lowest BCUT2D eigenvalue weighted by atomic mass is 9.86. The summed E-state index contributed by atoms with van der Waals surface area (Å²) in [7, 11) is 0. The molecule has 1 aliphatic carbocycles. The van der Waals surface area contributed by atoms with Gasteiger partial charge in [0.25, 0.3) is 0 Å². The molecule has 0 amide bonds. The van der Waals surface area contributed by atoms with Crippen molar-refractivity contribution in [3.63, 3.8) is 0 Å². The number of Topliss-reactive ketones (excluding diaryl/α,β-unsaturated/α-hetero) is 1. The Morgan fingerprint density at radius 2 is 1.84 bits per heavy atom. The van der Waals surface area contributed by atoms with Crippen LogP contribution in [0.25, 0.3) is 5.57 Å². The first kappa shape index (κ1) is 14.0. The van der Waals surface area contributed by atoms with E-state index in [-0.39, 0.29) is 5.78 Å². The van der Waals surface area contributed by atoms with Crippen LogP contribution in [-0.4, -0.2) is 5.78 Å². The molecule has 1 saturated carbocycles. The molecule has 0 saturated heterocycles. The van der Waals surface area contributed by atoms with Crippen LogP contribution in [0, 0.1) is 5.92 Å². The lowest BCUT2D eigenvalue weighted by molar-refractivity contribution is -0.116. The molecule has 0 aromatic heterocycles. The molecule has 102 valence electrons. The molecule has 0 spiro atoms. The zero-order valence-electron chi connectivity index (χ0n) is 11.9. The number of ketones is 1. The van der Waals surface area contributed by atoms with Crippen molar-refractivity contribution >= 4 is 11.4 Å². The largest absolute Gasteiger partial charge is 0.300 e. The van der Waals surface area contributed by atoms with Crippen molar-refractivity contribution in [1.82, 2.24) is 0 Å².